The maximum atomic E-state index is 13.0. The number of carbonyl (C=O) groups is 1. The molecule has 2 aromatic rings. The van der Waals surface area contributed by atoms with Crippen LogP contribution >= 0.6 is 0 Å². The number of rotatable bonds is 6. The third-order valence-electron chi connectivity index (χ3n) is 4.46. The molecule has 3 rings (SSSR count). The van der Waals surface area contributed by atoms with Crippen LogP contribution in [0.3, 0.4) is 0 Å². The number of aryl methyl sites for hydroxylation is 1. The summed E-state index contributed by atoms with van der Waals surface area (Å²) in [5.41, 5.74) is 1.92. The van der Waals surface area contributed by atoms with E-state index in [0.717, 1.165) is 18.4 Å². The number of nitrogens with zero attached hydrogens (tertiary/aromatic N) is 1. The molecular weight excluding hydrogens is 364 g/mol. The van der Waals surface area contributed by atoms with E-state index in [1.807, 2.05) is 19.1 Å². The molecule has 144 valence electrons. The summed E-state index contributed by atoms with van der Waals surface area (Å²) >= 11 is 0. The molecule has 0 bridgehead atoms. The molecular formula is C20H24N2O4S. The van der Waals surface area contributed by atoms with Crippen LogP contribution in [0.5, 0.6) is 5.75 Å². The maximum absolute atomic E-state index is 13.0. The lowest BCUT2D eigenvalue weighted by Gasteiger charge is -2.19. The van der Waals surface area contributed by atoms with E-state index in [0.29, 0.717) is 36.7 Å². The fourth-order valence-corrected chi connectivity index (χ4v) is 4.79. The van der Waals surface area contributed by atoms with Crippen LogP contribution in [-0.4, -0.2) is 38.3 Å². The average molecular weight is 388 g/mol. The van der Waals surface area contributed by atoms with Crippen LogP contribution < -0.4 is 10.1 Å². The second kappa shape index (κ2) is 8.10. The van der Waals surface area contributed by atoms with Crippen LogP contribution in [0.4, 0.5) is 5.69 Å². The van der Waals surface area contributed by atoms with Crippen LogP contribution in [0.2, 0.25) is 0 Å². The van der Waals surface area contributed by atoms with E-state index in [1.165, 1.54) is 10.4 Å². The van der Waals surface area contributed by atoms with Crippen LogP contribution in [0.15, 0.2) is 47.4 Å². The molecule has 6 nitrogen and oxygen atoms in total. The van der Waals surface area contributed by atoms with Gasteiger partial charge in [0, 0.05) is 24.3 Å². The van der Waals surface area contributed by atoms with Gasteiger partial charge in [0.15, 0.2) is 0 Å². The molecule has 27 heavy (non-hydrogen) atoms. The van der Waals surface area contributed by atoms with Crippen molar-refractivity contribution in [2.45, 2.75) is 31.6 Å². The summed E-state index contributed by atoms with van der Waals surface area (Å²) < 4.78 is 33.0. The molecule has 0 aromatic heterocycles. The standard InChI is InChI=1S/C20H24N2O4S/c1-3-26-18-10-9-17(21-20(23)16-8-6-7-15(2)13-16)14-19(18)27(24,25)22-11-4-5-12-22/h6-10,13-14H,3-5,11-12H2,1-2H3,(H,21,23). The fraction of sp³-hybridized carbons (Fsp3) is 0.350. The van der Waals surface area contributed by atoms with Gasteiger partial charge in [0.2, 0.25) is 10.0 Å². The summed E-state index contributed by atoms with van der Waals surface area (Å²) in [6.07, 6.45) is 1.71. The number of anilines is 1. The Morgan fingerprint density at radius 1 is 1.15 bits per heavy atom. The Morgan fingerprint density at radius 2 is 1.89 bits per heavy atom. The Hall–Kier alpha value is -2.38. The third-order valence-corrected chi connectivity index (χ3v) is 6.38. The zero-order valence-corrected chi connectivity index (χ0v) is 16.4. The van der Waals surface area contributed by atoms with Crippen molar-refractivity contribution >= 4 is 21.6 Å². The number of amides is 1. The summed E-state index contributed by atoms with van der Waals surface area (Å²) in [7, 11) is -3.66. The minimum absolute atomic E-state index is 0.0910. The van der Waals surface area contributed by atoms with Gasteiger partial charge in [0.1, 0.15) is 10.6 Å². The normalized spacial score (nSPS) is 14.9. The Labute approximate surface area is 160 Å². The molecule has 1 aliphatic heterocycles. The molecule has 0 aliphatic carbocycles. The van der Waals surface area contributed by atoms with Gasteiger partial charge in [0.25, 0.3) is 5.91 Å². The highest BCUT2D eigenvalue weighted by Gasteiger charge is 2.30. The number of hydrogen-bond donors (Lipinski definition) is 1. The summed E-state index contributed by atoms with van der Waals surface area (Å²) in [5.74, 6) is 0.0188. The molecule has 0 atom stereocenters. The number of benzene rings is 2. The zero-order chi connectivity index (χ0) is 19.4. The van der Waals surface area contributed by atoms with E-state index in [4.69, 9.17) is 4.74 Å². The fourth-order valence-electron chi connectivity index (χ4n) is 3.12. The lowest BCUT2D eigenvalue weighted by atomic mass is 10.1. The minimum atomic E-state index is -3.66. The van der Waals surface area contributed by atoms with Gasteiger partial charge in [-0.3, -0.25) is 4.79 Å². The lowest BCUT2D eigenvalue weighted by Crippen LogP contribution is -2.28. The van der Waals surface area contributed by atoms with Crippen LogP contribution in [0.25, 0.3) is 0 Å². The SMILES string of the molecule is CCOc1ccc(NC(=O)c2cccc(C)c2)cc1S(=O)(=O)N1CCCC1. The number of sulfonamides is 1. The number of ether oxygens (including phenoxy) is 1. The topological polar surface area (TPSA) is 75.7 Å². The van der Waals surface area contributed by atoms with Crippen molar-refractivity contribution < 1.29 is 17.9 Å². The molecule has 1 saturated heterocycles. The first-order chi connectivity index (χ1) is 12.9. The number of nitrogens with one attached hydrogen (secondary N) is 1. The van der Waals surface area contributed by atoms with Gasteiger partial charge in [-0.25, -0.2) is 8.42 Å². The molecule has 0 radical (unpaired) electrons. The average Bonchev–Trinajstić information content (AvgIpc) is 3.18. The van der Waals surface area contributed by atoms with Gasteiger partial charge in [0.05, 0.1) is 6.61 Å². The number of carbonyl (C=O) groups excluding carboxylic acids is 1. The summed E-state index contributed by atoms with van der Waals surface area (Å²) in [5, 5.41) is 2.78. The molecule has 1 N–H and O–H groups in total. The highest BCUT2D eigenvalue weighted by atomic mass is 32.2. The van der Waals surface area contributed by atoms with E-state index in [2.05, 4.69) is 5.32 Å². The molecule has 1 amide bonds. The van der Waals surface area contributed by atoms with E-state index >= 15 is 0 Å². The highest BCUT2D eigenvalue weighted by molar-refractivity contribution is 7.89. The quantitative estimate of drug-likeness (QED) is 0.823. The van der Waals surface area contributed by atoms with Crippen LogP contribution in [0.1, 0.15) is 35.7 Å². The Kier molecular flexibility index (Phi) is 5.82. The van der Waals surface area contributed by atoms with Crippen molar-refractivity contribution in [2.24, 2.45) is 0 Å². The van der Waals surface area contributed by atoms with E-state index in [-0.39, 0.29) is 10.8 Å². The molecule has 1 heterocycles. The van der Waals surface area contributed by atoms with Crippen molar-refractivity contribution in [3.63, 3.8) is 0 Å². The van der Waals surface area contributed by atoms with Gasteiger partial charge in [-0.15, -0.1) is 0 Å². The first-order valence-corrected chi connectivity index (χ1v) is 10.5. The summed E-state index contributed by atoms with van der Waals surface area (Å²) in [4.78, 5) is 12.6. The molecule has 0 unspecified atom stereocenters. The first kappa shape index (κ1) is 19.4. The van der Waals surface area contributed by atoms with Gasteiger partial charge >= 0.3 is 0 Å². The van der Waals surface area contributed by atoms with Gasteiger partial charge in [-0.05, 0) is 57.0 Å². The zero-order valence-electron chi connectivity index (χ0n) is 15.6. The second-order valence-electron chi connectivity index (χ2n) is 6.53. The van der Waals surface area contributed by atoms with Gasteiger partial charge < -0.3 is 10.1 Å². The molecule has 2 aromatic carbocycles. The molecule has 0 saturated carbocycles. The van der Waals surface area contributed by atoms with E-state index in [9.17, 15) is 13.2 Å². The highest BCUT2D eigenvalue weighted by Crippen LogP contribution is 2.31. The van der Waals surface area contributed by atoms with Gasteiger partial charge in [-0.1, -0.05) is 17.7 Å². The lowest BCUT2D eigenvalue weighted by molar-refractivity contribution is 0.102. The Morgan fingerprint density at radius 3 is 2.56 bits per heavy atom. The van der Waals surface area contributed by atoms with Crippen LogP contribution in [-0.2, 0) is 10.0 Å². The smallest absolute Gasteiger partial charge is 0.255 e. The van der Waals surface area contributed by atoms with Crippen molar-refractivity contribution in [3.8, 4) is 5.75 Å². The van der Waals surface area contributed by atoms with E-state index < -0.39 is 10.0 Å². The van der Waals surface area contributed by atoms with Crippen molar-refractivity contribution in [3.05, 3.63) is 53.6 Å². The second-order valence-corrected chi connectivity index (χ2v) is 8.44. The largest absolute Gasteiger partial charge is 0.492 e. The predicted molar refractivity (Wildman–Crippen MR) is 105 cm³/mol. The first-order valence-electron chi connectivity index (χ1n) is 9.07. The molecule has 1 fully saturated rings. The molecule has 0 spiro atoms. The maximum Gasteiger partial charge on any atom is 0.255 e. The predicted octanol–water partition coefficient (Wildman–Crippen LogP) is 3.43. The van der Waals surface area contributed by atoms with Crippen molar-refractivity contribution in [1.82, 2.24) is 4.31 Å². The van der Waals surface area contributed by atoms with Crippen molar-refractivity contribution in [2.75, 3.05) is 25.0 Å². The van der Waals surface area contributed by atoms with Gasteiger partial charge in [-0.2, -0.15) is 4.31 Å². The monoisotopic (exact) mass is 388 g/mol. The van der Waals surface area contributed by atoms with Crippen molar-refractivity contribution in [1.29, 1.82) is 0 Å². The summed E-state index contributed by atoms with van der Waals surface area (Å²) in [6.45, 7) is 5.09. The summed E-state index contributed by atoms with van der Waals surface area (Å²) in [6, 6.07) is 12.0. The molecule has 7 heteroatoms. The van der Waals surface area contributed by atoms with Crippen LogP contribution in [0, 0.1) is 6.92 Å². The third kappa shape index (κ3) is 4.31. The minimum Gasteiger partial charge on any atom is -0.492 e. The Balaban J connectivity index is 1.92. The number of hydrogen-bond acceptors (Lipinski definition) is 4. The van der Waals surface area contributed by atoms with E-state index in [1.54, 1.807) is 31.2 Å². The Bertz CT molecular complexity index is 935. The molecule has 1 aliphatic rings.